The molecule has 2 atom stereocenters. The highest BCUT2D eigenvalue weighted by Gasteiger charge is 2.16. The second kappa shape index (κ2) is 7.24. The van der Waals surface area contributed by atoms with Gasteiger partial charge < -0.3 is 10.6 Å². The van der Waals surface area contributed by atoms with Gasteiger partial charge >= 0.3 is 0 Å². The lowest BCUT2D eigenvalue weighted by atomic mass is 10.0. The highest BCUT2D eigenvalue weighted by atomic mass is 19.1. The van der Waals surface area contributed by atoms with Gasteiger partial charge in [0.1, 0.15) is 5.82 Å². The summed E-state index contributed by atoms with van der Waals surface area (Å²) < 4.78 is 13.5. The van der Waals surface area contributed by atoms with E-state index in [1.54, 1.807) is 13.0 Å². The number of rotatable bonds is 6. The molecular formula is C15H23FN2O. The summed E-state index contributed by atoms with van der Waals surface area (Å²) >= 11 is 0. The quantitative estimate of drug-likeness (QED) is 0.831. The molecule has 0 heterocycles. The van der Waals surface area contributed by atoms with E-state index in [1.807, 2.05) is 26.8 Å². The first-order valence-electron chi connectivity index (χ1n) is 6.72. The summed E-state index contributed by atoms with van der Waals surface area (Å²) in [5, 5.41) is 6.04. The minimum atomic E-state index is -0.237. The molecule has 106 valence electrons. The molecule has 19 heavy (non-hydrogen) atoms. The van der Waals surface area contributed by atoms with Crippen LogP contribution in [0.5, 0.6) is 0 Å². The van der Waals surface area contributed by atoms with E-state index >= 15 is 0 Å². The van der Waals surface area contributed by atoms with E-state index in [0.29, 0.717) is 12.1 Å². The zero-order valence-corrected chi connectivity index (χ0v) is 12.1. The van der Waals surface area contributed by atoms with Gasteiger partial charge in [0.25, 0.3) is 0 Å². The van der Waals surface area contributed by atoms with Gasteiger partial charge in [-0.15, -0.1) is 0 Å². The van der Waals surface area contributed by atoms with Gasteiger partial charge in [0.15, 0.2) is 0 Å². The van der Waals surface area contributed by atoms with Crippen LogP contribution < -0.4 is 10.6 Å². The van der Waals surface area contributed by atoms with E-state index in [4.69, 9.17) is 0 Å². The summed E-state index contributed by atoms with van der Waals surface area (Å²) in [6.07, 6.45) is 0. The van der Waals surface area contributed by atoms with Crippen molar-refractivity contribution in [2.45, 2.75) is 33.7 Å². The van der Waals surface area contributed by atoms with Crippen molar-refractivity contribution in [3.8, 4) is 0 Å². The van der Waals surface area contributed by atoms with Crippen molar-refractivity contribution in [2.75, 3.05) is 13.1 Å². The third kappa shape index (κ3) is 4.63. The Hall–Kier alpha value is -1.42. The normalized spacial score (nSPS) is 13.9. The van der Waals surface area contributed by atoms with Gasteiger partial charge in [0.05, 0.1) is 6.04 Å². The largest absolute Gasteiger partial charge is 0.349 e. The Morgan fingerprint density at radius 1 is 1.37 bits per heavy atom. The summed E-state index contributed by atoms with van der Waals surface area (Å²) in [5.74, 6) is -0.355. The summed E-state index contributed by atoms with van der Waals surface area (Å²) in [7, 11) is 0. The minimum Gasteiger partial charge on any atom is -0.349 e. The average molecular weight is 266 g/mol. The second-order valence-corrected chi connectivity index (χ2v) is 4.95. The highest BCUT2D eigenvalue weighted by Crippen LogP contribution is 2.16. The van der Waals surface area contributed by atoms with Gasteiger partial charge in [-0.2, -0.15) is 0 Å². The number of carbonyl (C=O) groups is 1. The zero-order valence-electron chi connectivity index (χ0n) is 12.1. The number of benzene rings is 1. The lowest BCUT2D eigenvalue weighted by Gasteiger charge is -2.18. The molecule has 0 aliphatic heterocycles. The summed E-state index contributed by atoms with van der Waals surface area (Å²) in [5.41, 5.74) is 1.40. The maximum absolute atomic E-state index is 13.5. The molecule has 1 amide bonds. The molecule has 4 heteroatoms. The van der Waals surface area contributed by atoms with E-state index in [-0.39, 0.29) is 23.7 Å². The molecule has 1 rings (SSSR count). The Labute approximate surface area is 114 Å². The lowest BCUT2D eigenvalue weighted by Crippen LogP contribution is -2.36. The van der Waals surface area contributed by atoms with E-state index in [0.717, 1.165) is 12.1 Å². The third-order valence-electron chi connectivity index (χ3n) is 3.20. The van der Waals surface area contributed by atoms with Crippen LogP contribution in [0, 0.1) is 18.7 Å². The molecule has 0 aliphatic rings. The van der Waals surface area contributed by atoms with Crippen LogP contribution in [0.15, 0.2) is 18.2 Å². The van der Waals surface area contributed by atoms with Crippen LogP contribution in [0.4, 0.5) is 4.39 Å². The molecule has 0 bridgehead atoms. The second-order valence-electron chi connectivity index (χ2n) is 4.95. The smallest absolute Gasteiger partial charge is 0.224 e. The van der Waals surface area contributed by atoms with Crippen molar-refractivity contribution < 1.29 is 9.18 Å². The molecule has 0 aliphatic carbocycles. The monoisotopic (exact) mass is 266 g/mol. The Morgan fingerprint density at radius 2 is 2.05 bits per heavy atom. The van der Waals surface area contributed by atoms with E-state index in [1.165, 1.54) is 6.07 Å². The molecule has 0 radical (unpaired) electrons. The standard InChI is InChI=1S/C15H23FN2O/c1-5-17-9-11(3)15(19)18-12(4)13-7-6-10(2)14(16)8-13/h6-8,11-12,17H,5,9H2,1-4H3,(H,18,19). The first kappa shape index (κ1) is 15.6. The van der Waals surface area contributed by atoms with E-state index in [2.05, 4.69) is 10.6 Å². The van der Waals surface area contributed by atoms with E-state index in [9.17, 15) is 9.18 Å². The molecule has 1 aromatic carbocycles. The van der Waals surface area contributed by atoms with Crippen LogP contribution in [0.25, 0.3) is 0 Å². The molecule has 0 saturated carbocycles. The molecule has 0 aromatic heterocycles. The molecular weight excluding hydrogens is 243 g/mol. The molecule has 2 unspecified atom stereocenters. The number of carbonyl (C=O) groups excluding carboxylic acids is 1. The minimum absolute atomic E-state index is 0.0190. The van der Waals surface area contributed by atoms with Crippen molar-refractivity contribution >= 4 is 5.91 Å². The van der Waals surface area contributed by atoms with Crippen LogP contribution >= 0.6 is 0 Å². The van der Waals surface area contributed by atoms with Crippen molar-refractivity contribution in [3.63, 3.8) is 0 Å². The topological polar surface area (TPSA) is 41.1 Å². The molecule has 3 nitrogen and oxygen atoms in total. The van der Waals surface area contributed by atoms with Crippen LogP contribution in [-0.4, -0.2) is 19.0 Å². The van der Waals surface area contributed by atoms with Crippen LogP contribution in [-0.2, 0) is 4.79 Å². The van der Waals surface area contributed by atoms with Gasteiger partial charge in [-0.1, -0.05) is 26.0 Å². The number of amides is 1. The van der Waals surface area contributed by atoms with Crippen molar-refractivity contribution in [2.24, 2.45) is 5.92 Å². The number of hydrogen-bond acceptors (Lipinski definition) is 2. The number of halogens is 1. The predicted octanol–water partition coefficient (Wildman–Crippen LogP) is 2.56. The third-order valence-corrected chi connectivity index (χ3v) is 3.20. The fourth-order valence-electron chi connectivity index (χ4n) is 1.77. The van der Waals surface area contributed by atoms with Gasteiger partial charge in [-0.05, 0) is 37.6 Å². The van der Waals surface area contributed by atoms with Gasteiger partial charge in [0.2, 0.25) is 5.91 Å². The highest BCUT2D eigenvalue weighted by molar-refractivity contribution is 5.78. The summed E-state index contributed by atoms with van der Waals surface area (Å²) in [6.45, 7) is 8.96. The summed E-state index contributed by atoms with van der Waals surface area (Å²) in [6, 6.07) is 4.87. The van der Waals surface area contributed by atoms with Crippen molar-refractivity contribution in [1.29, 1.82) is 0 Å². The van der Waals surface area contributed by atoms with Crippen LogP contribution in [0.2, 0.25) is 0 Å². The molecule has 0 fully saturated rings. The Kier molecular flexibility index (Phi) is 5.96. The fourth-order valence-corrected chi connectivity index (χ4v) is 1.77. The van der Waals surface area contributed by atoms with Gasteiger partial charge in [-0.3, -0.25) is 4.79 Å². The first-order valence-corrected chi connectivity index (χ1v) is 6.72. The Bertz CT molecular complexity index is 434. The van der Waals surface area contributed by atoms with Gasteiger partial charge in [-0.25, -0.2) is 4.39 Å². The predicted molar refractivity (Wildman–Crippen MR) is 75.4 cm³/mol. The van der Waals surface area contributed by atoms with E-state index < -0.39 is 0 Å². The first-order chi connectivity index (χ1) is 8.95. The SMILES string of the molecule is CCNCC(C)C(=O)NC(C)c1ccc(C)c(F)c1. The maximum atomic E-state index is 13.5. The molecule has 0 saturated heterocycles. The molecule has 1 aromatic rings. The summed E-state index contributed by atoms with van der Waals surface area (Å²) in [4.78, 5) is 11.9. The Balaban J connectivity index is 2.60. The number of hydrogen-bond donors (Lipinski definition) is 2. The zero-order chi connectivity index (χ0) is 14.4. The van der Waals surface area contributed by atoms with Crippen molar-refractivity contribution in [3.05, 3.63) is 35.1 Å². The Morgan fingerprint density at radius 3 is 2.63 bits per heavy atom. The lowest BCUT2D eigenvalue weighted by molar-refractivity contribution is -0.125. The van der Waals surface area contributed by atoms with Crippen molar-refractivity contribution in [1.82, 2.24) is 10.6 Å². The number of nitrogens with one attached hydrogen (secondary N) is 2. The van der Waals surface area contributed by atoms with Crippen LogP contribution in [0.3, 0.4) is 0 Å². The fraction of sp³-hybridized carbons (Fsp3) is 0.533. The average Bonchev–Trinajstić information content (AvgIpc) is 2.38. The van der Waals surface area contributed by atoms with Gasteiger partial charge in [0, 0.05) is 12.5 Å². The maximum Gasteiger partial charge on any atom is 0.224 e. The molecule has 2 N–H and O–H groups in total. The molecule has 0 spiro atoms. The van der Waals surface area contributed by atoms with Crippen LogP contribution in [0.1, 0.15) is 37.9 Å². The number of aryl methyl sites for hydroxylation is 1.